The van der Waals surface area contributed by atoms with Gasteiger partial charge < -0.3 is 4.98 Å². The van der Waals surface area contributed by atoms with Crippen LogP contribution in [0.3, 0.4) is 0 Å². The fourth-order valence-electron chi connectivity index (χ4n) is 1.90. The van der Waals surface area contributed by atoms with Gasteiger partial charge in [-0.05, 0) is 25.5 Å². The van der Waals surface area contributed by atoms with Crippen LogP contribution in [0, 0.1) is 13.8 Å². The molecule has 2 nitrogen and oxygen atoms in total. The fourth-order valence-corrected chi connectivity index (χ4v) is 2.15. The third-order valence-corrected chi connectivity index (χ3v) is 3.17. The molecule has 0 saturated heterocycles. The van der Waals surface area contributed by atoms with E-state index in [-0.39, 0.29) is 5.56 Å². The molecule has 0 unspecified atom stereocenters. The molecule has 17 heavy (non-hydrogen) atoms. The third kappa shape index (κ3) is 2.44. The van der Waals surface area contributed by atoms with Crippen molar-refractivity contribution in [3.63, 3.8) is 0 Å². The van der Waals surface area contributed by atoms with Crippen LogP contribution in [-0.2, 0) is 5.75 Å². The Morgan fingerprint density at radius 1 is 1.18 bits per heavy atom. The first-order valence-electron chi connectivity index (χ1n) is 5.52. The van der Waals surface area contributed by atoms with E-state index in [1.54, 1.807) is 0 Å². The average Bonchev–Trinajstić information content (AvgIpc) is 2.29. The van der Waals surface area contributed by atoms with Crippen LogP contribution in [0.4, 0.5) is 0 Å². The van der Waals surface area contributed by atoms with E-state index in [0.29, 0.717) is 11.3 Å². The minimum Gasteiger partial charge on any atom is -0.322 e. The molecule has 2 aromatic rings. The maximum atomic E-state index is 11.7. The summed E-state index contributed by atoms with van der Waals surface area (Å²) >= 11 is 4.12. The van der Waals surface area contributed by atoms with Crippen LogP contribution in [0.2, 0.25) is 0 Å². The number of aryl methyl sites for hydroxylation is 2. The summed E-state index contributed by atoms with van der Waals surface area (Å²) in [5.41, 5.74) is 4.95. The lowest BCUT2D eigenvalue weighted by atomic mass is 10.0. The van der Waals surface area contributed by atoms with Crippen molar-refractivity contribution in [1.82, 2.24) is 4.98 Å². The molecule has 1 aromatic heterocycles. The van der Waals surface area contributed by atoms with Gasteiger partial charge in [0.2, 0.25) is 0 Å². The molecular weight excluding hydrogens is 230 g/mol. The van der Waals surface area contributed by atoms with Crippen molar-refractivity contribution in [2.45, 2.75) is 19.6 Å². The standard InChI is InChI=1S/C14H15NOS/c1-9-3-5-12(10(2)7-9)13-6-4-11(8-17)14(16)15-13/h3-7,17H,8H2,1-2H3,(H,15,16). The number of rotatable bonds is 2. The van der Waals surface area contributed by atoms with Gasteiger partial charge in [0.25, 0.3) is 5.56 Å². The second-order valence-corrected chi connectivity index (χ2v) is 4.52. The zero-order valence-electron chi connectivity index (χ0n) is 9.95. The van der Waals surface area contributed by atoms with Gasteiger partial charge in [0.1, 0.15) is 0 Å². The number of benzene rings is 1. The molecule has 1 aromatic carbocycles. The van der Waals surface area contributed by atoms with Gasteiger partial charge in [-0.3, -0.25) is 4.79 Å². The Balaban J connectivity index is 2.54. The van der Waals surface area contributed by atoms with E-state index < -0.39 is 0 Å². The number of nitrogens with one attached hydrogen (secondary N) is 1. The summed E-state index contributed by atoms with van der Waals surface area (Å²) in [6.07, 6.45) is 0. The van der Waals surface area contributed by atoms with Crippen LogP contribution >= 0.6 is 12.6 Å². The fraction of sp³-hybridized carbons (Fsp3) is 0.214. The number of thiol groups is 1. The van der Waals surface area contributed by atoms with E-state index in [2.05, 4.69) is 30.6 Å². The normalized spacial score (nSPS) is 10.5. The molecule has 0 aliphatic rings. The van der Waals surface area contributed by atoms with Crippen LogP contribution in [-0.4, -0.2) is 4.98 Å². The molecule has 3 heteroatoms. The maximum Gasteiger partial charge on any atom is 0.252 e. The van der Waals surface area contributed by atoms with Crippen molar-refractivity contribution in [1.29, 1.82) is 0 Å². The molecule has 0 aliphatic heterocycles. The number of aromatic amines is 1. The van der Waals surface area contributed by atoms with Gasteiger partial charge >= 0.3 is 0 Å². The molecule has 88 valence electrons. The summed E-state index contributed by atoms with van der Waals surface area (Å²) in [5, 5.41) is 0. The summed E-state index contributed by atoms with van der Waals surface area (Å²) < 4.78 is 0. The maximum absolute atomic E-state index is 11.7. The van der Waals surface area contributed by atoms with Crippen LogP contribution in [0.5, 0.6) is 0 Å². The van der Waals surface area contributed by atoms with Gasteiger partial charge in [0.05, 0.1) is 0 Å². The number of hydrogen-bond donors (Lipinski definition) is 2. The topological polar surface area (TPSA) is 32.9 Å². The minimum absolute atomic E-state index is 0.0579. The molecule has 0 spiro atoms. The Bertz CT molecular complexity index is 601. The first-order chi connectivity index (χ1) is 8.11. The summed E-state index contributed by atoms with van der Waals surface area (Å²) in [5.74, 6) is 0.461. The Morgan fingerprint density at radius 3 is 2.53 bits per heavy atom. The van der Waals surface area contributed by atoms with E-state index in [4.69, 9.17) is 0 Å². The average molecular weight is 245 g/mol. The lowest BCUT2D eigenvalue weighted by Gasteiger charge is -2.07. The molecule has 1 N–H and O–H groups in total. The number of hydrogen-bond acceptors (Lipinski definition) is 2. The van der Waals surface area contributed by atoms with Crippen LogP contribution in [0.1, 0.15) is 16.7 Å². The van der Waals surface area contributed by atoms with Gasteiger partial charge in [-0.2, -0.15) is 12.6 Å². The molecule has 0 amide bonds. The van der Waals surface area contributed by atoms with Gasteiger partial charge in [0.15, 0.2) is 0 Å². The number of aromatic nitrogens is 1. The zero-order valence-corrected chi connectivity index (χ0v) is 10.8. The molecular formula is C14H15NOS. The SMILES string of the molecule is Cc1ccc(-c2ccc(CS)c(=O)[nH]2)c(C)c1. The van der Waals surface area contributed by atoms with E-state index in [9.17, 15) is 4.79 Å². The molecule has 0 atom stereocenters. The summed E-state index contributed by atoms with van der Waals surface area (Å²) in [4.78, 5) is 14.6. The highest BCUT2D eigenvalue weighted by Gasteiger charge is 2.04. The van der Waals surface area contributed by atoms with Gasteiger partial charge in [-0.1, -0.05) is 29.8 Å². The molecule has 0 fully saturated rings. The Morgan fingerprint density at radius 2 is 1.94 bits per heavy atom. The highest BCUT2D eigenvalue weighted by Crippen LogP contribution is 2.21. The van der Waals surface area contributed by atoms with Crippen molar-refractivity contribution < 1.29 is 0 Å². The predicted molar refractivity (Wildman–Crippen MR) is 74.7 cm³/mol. The van der Waals surface area contributed by atoms with E-state index in [0.717, 1.165) is 11.3 Å². The molecule has 2 rings (SSSR count). The Labute approximate surface area is 106 Å². The van der Waals surface area contributed by atoms with Crippen molar-refractivity contribution in [3.05, 3.63) is 57.4 Å². The smallest absolute Gasteiger partial charge is 0.252 e. The minimum atomic E-state index is -0.0579. The van der Waals surface area contributed by atoms with Gasteiger partial charge in [0, 0.05) is 22.6 Å². The lowest BCUT2D eigenvalue weighted by molar-refractivity contribution is 1.17. The second-order valence-electron chi connectivity index (χ2n) is 4.20. The molecule has 0 aliphatic carbocycles. The summed E-state index contributed by atoms with van der Waals surface area (Å²) in [7, 11) is 0. The quantitative estimate of drug-likeness (QED) is 0.783. The van der Waals surface area contributed by atoms with Crippen LogP contribution < -0.4 is 5.56 Å². The van der Waals surface area contributed by atoms with Crippen LogP contribution in [0.15, 0.2) is 35.1 Å². The van der Waals surface area contributed by atoms with Gasteiger partial charge in [-0.15, -0.1) is 0 Å². The van der Waals surface area contributed by atoms with E-state index >= 15 is 0 Å². The van der Waals surface area contributed by atoms with E-state index in [1.165, 1.54) is 11.1 Å². The lowest BCUT2D eigenvalue weighted by Crippen LogP contribution is -2.11. The van der Waals surface area contributed by atoms with Crippen molar-refractivity contribution >= 4 is 12.6 Å². The number of pyridine rings is 1. The highest BCUT2D eigenvalue weighted by atomic mass is 32.1. The monoisotopic (exact) mass is 245 g/mol. The third-order valence-electron chi connectivity index (χ3n) is 2.83. The second kappa shape index (κ2) is 4.80. The van der Waals surface area contributed by atoms with Crippen molar-refractivity contribution in [2.75, 3.05) is 0 Å². The Kier molecular flexibility index (Phi) is 3.38. The van der Waals surface area contributed by atoms with Crippen molar-refractivity contribution in [2.24, 2.45) is 0 Å². The largest absolute Gasteiger partial charge is 0.322 e. The number of H-pyrrole nitrogens is 1. The van der Waals surface area contributed by atoms with Crippen molar-refractivity contribution in [3.8, 4) is 11.3 Å². The zero-order chi connectivity index (χ0) is 12.4. The van der Waals surface area contributed by atoms with Crippen LogP contribution in [0.25, 0.3) is 11.3 Å². The highest BCUT2D eigenvalue weighted by molar-refractivity contribution is 7.79. The predicted octanol–water partition coefficient (Wildman–Crippen LogP) is 3.09. The van der Waals surface area contributed by atoms with Gasteiger partial charge in [-0.25, -0.2) is 0 Å². The molecule has 1 heterocycles. The first-order valence-corrected chi connectivity index (χ1v) is 6.16. The Hall–Kier alpha value is -1.48. The van der Waals surface area contributed by atoms with E-state index in [1.807, 2.05) is 31.2 Å². The molecule has 0 saturated carbocycles. The first kappa shape index (κ1) is 12.0. The molecule has 0 bridgehead atoms. The summed E-state index contributed by atoms with van der Waals surface area (Å²) in [6.45, 7) is 4.11. The molecule has 0 radical (unpaired) electrons. The summed E-state index contributed by atoms with van der Waals surface area (Å²) in [6, 6.07) is 9.97.